The largest absolute Gasteiger partial charge is 0.292 e. The quantitative estimate of drug-likeness (QED) is 0.346. The average Bonchev–Trinajstić information content (AvgIpc) is 1.87. The summed E-state index contributed by atoms with van der Waals surface area (Å²) in [6, 6.07) is 0. The first-order chi connectivity index (χ1) is 4.20. The molecule has 5 heteroatoms. The second-order valence-electron chi connectivity index (χ2n) is 1.09. The SMILES string of the molecule is O=CC(=O)NC(=O)C=O. The van der Waals surface area contributed by atoms with E-state index in [1.807, 2.05) is 0 Å². The molecule has 5 nitrogen and oxygen atoms in total. The van der Waals surface area contributed by atoms with Crippen molar-refractivity contribution in [1.29, 1.82) is 0 Å². The number of carbonyl (C=O) groups is 4. The van der Waals surface area contributed by atoms with Gasteiger partial charge in [0.15, 0.2) is 0 Å². The van der Waals surface area contributed by atoms with Crippen molar-refractivity contribution < 1.29 is 19.2 Å². The molecule has 2 amide bonds. The van der Waals surface area contributed by atoms with Crippen molar-refractivity contribution in [3.63, 3.8) is 0 Å². The highest BCUT2D eigenvalue weighted by atomic mass is 16.2. The van der Waals surface area contributed by atoms with Gasteiger partial charge in [-0.05, 0) is 0 Å². The number of amides is 2. The zero-order valence-electron chi connectivity index (χ0n) is 4.29. The van der Waals surface area contributed by atoms with Crippen LogP contribution in [0.2, 0.25) is 0 Å². The standard InChI is InChI=1S/C4H3NO4/c6-1-3(8)5-4(9)2-7/h1-2H,(H,5,8,9). The molecule has 0 aromatic rings. The van der Waals surface area contributed by atoms with E-state index in [0.717, 1.165) is 0 Å². The molecule has 0 bridgehead atoms. The Labute approximate surface area is 50.0 Å². The van der Waals surface area contributed by atoms with Crippen LogP contribution in [0.25, 0.3) is 0 Å². The molecule has 0 aliphatic heterocycles. The van der Waals surface area contributed by atoms with Crippen LogP contribution in [-0.4, -0.2) is 24.4 Å². The summed E-state index contributed by atoms with van der Waals surface area (Å²) in [7, 11) is 0. The Kier molecular flexibility index (Phi) is 2.89. The van der Waals surface area contributed by atoms with Crippen molar-refractivity contribution in [3.05, 3.63) is 0 Å². The Morgan fingerprint density at radius 2 is 1.33 bits per heavy atom. The van der Waals surface area contributed by atoms with E-state index >= 15 is 0 Å². The number of aldehydes is 2. The first-order valence-electron chi connectivity index (χ1n) is 1.96. The van der Waals surface area contributed by atoms with Crippen molar-refractivity contribution in [1.82, 2.24) is 5.32 Å². The Morgan fingerprint density at radius 3 is 1.56 bits per heavy atom. The third-order valence-electron chi connectivity index (χ3n) is 0.460. The summed E-state index contributed by atoms with van der Waals surface area (Å²) in [5.41, 5.74) is 0. The molecule has 0 aliphatic carbocycles. The molecular formula is C4H3NO4. The highest BCUT2D eigenvalue weighted by molar-refractivity contribution is 6.36. The summed E-state index contributed by atoms with van der Waals surface area (Å²) in [5, 5.41) is 1.47. The fourth-order valence-electron chi connectivity index (χ4n) is 0.180. The Balaban J connectivity index is 3.73. The smallest absolute Gasteiger partial charge is 0.291 e. The van der Waals surface area contributed by atoms with E-state index in [2.05, 4.69) is 0 Å². The molecule has 0 saturated heterocycles. The lowest BCUT2D eigenvalue weighted by molar-refractivity contribution is -0.138. The molecule has 0 aromatic heterocycles. The Bertz CT molecular complexity index is 144. The molecule has 0 saturated carbocycles. The van der Waals surface area contributed by atoms with Gasteiger partial charge >= 0.3 is 0 Å². The van der Waals surface area contributed by atoms with Crippen LogP contribution in [0.4, 0.5) is 0 Å². The molecule has 0 atom stereocenters. The first kappa shape index (κ1) is 7.48. The van der Waals surface area contributed by atoms with Gasteiger partial charge in [0.05, 0.1) is 0 Å². The number of hydrogen-bond acceptors (Lipinski definition) is 4. The summed E-state index contributed by atoms with van der Waals surface area (Å²) in [6.07, 6.45) is -0.192. The van der Waals surface area contributed by atoms with E-state index < -0.39 is 11.8 Å². The minimum absolute atomic E-state index is 0.0958. The van der Waals surface area contributed by atoms with Crippen LogP contribution < -0.4 is 5.32 Å². The van der Waals surface area contributed by atoms with E-state index in [0.29, 0.717) is 0 Å². The van der Waals surface area contributed by atoms with E-state index in [-0.39, 0.29) is 12.6 Å². The van der Waals surface area contributed by atoms with Crippen LogP contribution in [-0.2, 0) is 19.2 Å². The fourth-order valence-corrected chi connectivity index (χ4v) is 0.180. The van der Waals surface area contributed by atoms with Crippen LogP contribution in [0, 0.1) is 0 Å². The first-order valence-corrected chi connectivity index (χ1v) is 1.96. The van der Waals surface area contributed by atoms with Crippen LogP contribution in [0.3, 0.4) is 0 Å². The molecule has 1 N–H and O–H groups in total. The fraction of sp³-hybridized carbons (Fsp3) is 0. The van der Waals surface area contributed by atoms with Gasteiger partial charge in [-0.2, -0.15) is 0 Å². The van der Waals surface area contributed by atoms with Gasteiger partial charge in [0, 0.05) is 0 Å². The highest BCUT2D eigenvalue weighted by Gasteiger charge is 2.02. The normalized spacial score (nSPS) is 7.56. The summed E-state index contributed by atoms with van der Waals surface area (Å²) in [5.74, 6) is -2.24. The maximum atomic E-state index is 9.92. The maximum Gasteiger partial charge on any atom is 0.291 e. The lowest BCUT2D eigenvalue weighted by Crippen LogP contribution is -2.31. The summed E-state index contributed by atoms with van der Waals surface area (Å²) in [6.45, 7) is 0. The van der Waals surface area contributed by atoms with Gasteiger partial charge in [-0.3, -0.25) is 24.5 Å². The van der Waals surface area contributed by atoms with Gasteiger partial charge in [0.1, 0.15) is 0 Å². The topological polar surface area (TPSA) is 80.3 Å². The van der Waals surface area contributed by atoms with E-state index in [9.17, 15) is 19.2 Å². The van der Waals surface area contributed by atoms with E-state index in [4.69, 9.17) is 0 Å². The molecule has 0 rings (SSSR count). The Hall–Kier alpha value is -1.52. The molecule has 0 spiro atoms. The summed E-state index contributed by atoms with van der Waals surface area (Å²) >= 11 is 0. The second kappa shape index (κ2) is 3.48. The van der Waals surface area contributed by atoms with Gasteiger partial charge in [-0.15, -0.1) is 0 Å². The van der Waals surface area contributed by atoms with Gasteiger partial charge in [0.25, 0.3) is 11.8 Å². The lowest BCUT2D eigenvalue weighted by Gasteiger charge is -1.86. The van der Waals surface area contributed by atoms with E-state index in [1.165, 1.54) is 5.32 Å². The third-order valence-corrected chi connectivity index (χ3v) is 0.460. The second-order valence-corrected chi connectivity index (χ2v) is 1.09. The molecule has 0 heterocycles. The molecule has 48 valence electrons. The third kappa shape index (κ3) is 3.10. The number of imide groups is 1. The predicted molar refractivity (Wildman–Crippen MR) is 25.3 cm³/mol. The molecule has 0 radical (unpaired) electrons. The van der Waals surface area contributed by atoms with Crippen LogP contribution in [0.15, 0.2) is 0 Å². The molecule has 0 aromatic carbocycles. The van der Waals surface area contributed by atoms with Crippen molar-refractivity contribution in [3.8, 4) is 0 Å². The molecular weight excluding hydrogens is 126 g/mol. The molecule has 0 aliphatic rings. The molecule has 0 unspecified atom stereocenters. The zero-order valence-corrected chi connectivity index (χ0v) is 4.29. The number of rotatable bonds is 2. The summed E-state index contributed by atoms with van der Waals surface area (Å²) < 4.78 is 0. The predicted octanol–water partition coefficient (Wildman–Crippen LogP) is -1.97. The minimum atomic E-state index is -1.12. The van der Waals surface area contributed by atoms with Crippen molar-refractivity contribution >= 4 is 24.4 Å². The molecule has 0 fully saturated rings. The van der Waals surface area contributed by atoms with Gasteiger partial charge in [-0.25, -0.2) is 0 Å². The lowest BCUT2D eigenvalue weighted by atomic mass is 10.6. The van der Waals surface area contributed by atoms with Gasteiger partial charge < -0.3 is 0 Å². The molecule has 9 heavy (non-hydrogen) atoms. The van der Waals surface area contributed by atoms with Crippen molar-refractivity contribution in [2.75, 3.05) is 0 Å². The van der Waals surface area contributed by atoms with Crippen LogP contribution in [0.5, 0.6) is 0 Å². The zero-order chi connectivity index (χ0) is 7.28. The van der Waals surface area contributed by atoms with Crippen LogP contribution in [0.1, 0.15) is 0 Å². The number of carbonyl (C=O) groups excluding carboxylic acids is 4. The maximum absolute atomic E-state index is 9.92. The van der Waals surface area contributed by atoms with Crippen molar-refractivity contribution in [2.45, 2.75) is 0 Å². The van der Waals surface area contributed by atoms with Gasteiger partial charge in [0.2, 0.25) is 12.6 Å². The minimum Gasteiger partial charge on any atom is -0.292 e. The number of hydrogen-bond donors (Lipinski definition) is 1. The summed E-state index contributed by atoms with van der Waals surface area (Å²) in [4.78, 5) is 38.8. The highest BCUT2D eigenvalue weighted by Crippen LogP contribution is 1.56. The van der Waals surface area contributed by atoms with Crippen LogP contribution >= 0.6 is 0 Å². The van der Waals surface area contributed by atoms with Gasteiger partial charge in [-0.1, -0.05) is 0 Å². The van der Waals surface area contributed by atoms with E-state index in [1.54, 1.807) is 0 Å². The monoisotopic (exact) mass is 129 g/mol. The van der Waals surface area contributed by atoms with Crippen molar-refractivity contribution in [2.24, 2.45) is 0 Å². The average molecular weight is 129 g/mol. The Morgan fingerprint density at radius 1 is 1.00 bits per heavy atom. The number of nitrogens with one attached hydrogen (secondary N) is 1.